The highest BCUT2D eigenvalue weighted by Gasteiger charge is 2.52. The van der Waals surface area contributed by atoms with E-state index in [0.717, 1.165) is 54.4 Å². The molecule has 0 rings (SSSR count). The van der Waals surface area contributed by atoms with Crippen LogP contribution in [0.15, 0.2) is 0 Å². The Hall–Kier alpha value is 0.748. The fourth-order valence-corrected chi connectivity index (χ4v) is 24.9. The SMILES string of the molecule is CC[Si](CC)(CC)O[Si](C)(O[Si](CC)(CC)CC)O[Si](CC)(CC)CC. The second-order valence-corrected chi connectivity index (χ2v) is 25.5. The highest BCUT2D eigenvalue weighted by atomic mass is 28.5. The predicted molar refractivity (Wildman–Crippen MR) is 126 cm³/mol. The van der Waals surface area contributed by atoms with Crippen molar-refractivity contribution >= 4 is 33.8 Å². The van der Waals surface area contributed by atoms with Gasteiger partial charge in [0.15, 0.2) is 25.0 Å². The zero-order valence-electron chi connectivity index (χ0n) is 19.6. The Balaban J connectivity index is 5.99. The number of hydrogen-bond donors (Lipinski definition) is 0. The summed E-state index contributed by atoms with van der Waals surface area (Å²) in [6.45, 7) is 23.0. The third-order valence-electron chi connectivity index (χ3n) is 7.00. The van der Waals surface area contributed by atoms with Gasteiger partial charge in [0.1, 0.15) is 0 Å². The number of hydrogen-bond acceptors (Lipinski definition) is 3. The van der Waals surface area contributed by atoms with E-state index in [1.165, 1.54) is 0 Å². The topological polar surface area (TPSA) is 27.7 Å². The molecule has 0 aliphatic rings. The Morgan fingerprint density at radius 2 is 0.538 bits per heavy atom. The zero-order chi connectivity index (χ0) is 20.5. The molecule has 0 atom stereocenters. The molecular formula is C19H48O3Si4. The van der Waals surface area contributed by atoms with Crippen LogP contribution in [0.5, 0.6) is 0 Å². The van der Waals surface area contributed by atoms with Crippen LogP contribution in [-0.4, -0.2) is 33.8 Å². The van der Waals surface area contributed by atoms with Crippen molar-refractivity contribution in [2.45, 2.75) is 123 Å². The van der Waals surface area contributed by atoms with Gasteiger partial charge in [0.2, 0.25) is 0 Å². The number of rotatable bonds is 15. The summed E-state index contributed by atoms with van der Waals surface area (Å²) in [4.78, 5) is 0. The maximum atomic E-state index is 7.10. The lowest BCUT2D eigenvalue weighted by atomic mass is 10.9. The van der Waals surface area contributed by atoms with Crippen LogP contribution in [0.3, 0.4) is 0 Å². The molecule has 26 heavy (non-hydrogen) atoms. The average Bonchev–Trinajstić information content (AvgIpc) is 2.69. The van der Waals surface area contributed by atoms with Gasteiger partial charge in [-0.15, -0.1) is 0 Å². The van der Waals surface area contributed by atoms with Crippen molar-refractivity contribution < 1.29 is 12.3 Å². The van der Waals surface area contributed by atoms with Gasteiger partial charge in [-0.05, 0) is 54.4 Å². The predicted octanol–water partition coefficient (Wildman–Crippen LogP) is 7.62. The summed E-state index contributed by atoms with van der Waals surface area (Å²) in [5.74, 6) is 0. The van der Waals surface area contributed by atoms with Gasteiger partial charge in [-0.2, -0.15) is 0 Å². The Morgan fingerprint density at radius 3 is 0.654 bits per heavy atom. The van der Waals surface area contributed by atoms with E-state index in [4.69, 9.17) is 12.3 Å². The Bertz CT molecular complexity index is 301. The lowest BCUT2D eigenvalue weighted by molar-refractivity contribution is 0.249. The van der Waals surface area contributed by atoms with Crippen LogP contribution in [0.1, 0.15) is 62.3 Å². The first-order chi connectivity index (χ1) is 12.2. The van der Waals surface area contributed by atoms with Crippen molar-refractivity contribution in [1.29, 1.82) is 0 Å². The molecule has 0 aromatic heterocycles. The van der Waals surface area contributed by atoms with Crippen molar-refractivity contribution in [1.82, 2.24) is 0 Å². The van der Waals surface area contributed by atoms with Crippen molar-refractivity contribution in [2.24, 2.45) is 0 Å². The Kier molecular flexibility index (Phi) is 12.0. The minimum atomic E-state index is -2.66. The molecule has 0 N–H and O–H groups in total. The lowest BCUT2D eigenvalue weighted by Crippen LogP contribution is -2.62. The second kappa shape index (κ2) is 11.7. The molecule has 0 saturated carbocycles. The van der Waals surface area contributed by atoms with Crippen LogP contribution in [0.2, 0.25) is 60.9 Å². The molecule has 0 saturated heterocycles. The molecule has 3 nitrogen and oxygen atoms in total. The molecule has 0 fully saturated rings. The fraction of sp³-hybridized carbons (Fsp3) is 1.00. The highest BCUT2D eigenvalue weighted by Crippen LogP contribution is 2.36. The van der Waals surface area contributed by atoms with Crippen LogP contribution < -0.4 is 0 Å². The van der Waals surface area contributed by atoms with Crippen molar-refractivity contribution in [3.8, 4) is 0 Å². The van der Waals surface area contributed by atoms with E-state index >= 15 is 0 Å². The van der Waals surface area contributed by atoms with Crippen LogP contribution in [0, 0.1) is 0 Å². The van der Waals surface area contributed by atoms with Gasteiger partial charge in [0.25, 0.3) is 0 Å². The molecule has 0 aromatic carbocycles. The van der Waals surface area contributed by atoms with Gasteiger partial charge in [0, 0.05) is 6.55 Å². The van der Waals surface area contributed by atoms with E-state index in [0.29, 0.717) is 0 Å². The molecule has 0 bridgehead atoms. The van der Waals surface area contributed by atoms with E-state index in [9.17, 15) is 0 Å². The summed E-state index contributed by atoms with van der Waals surface area (Å²) >= 11 is 0. The largest absolute Gasteiger partial charge is 0.466 e. The molecule has 0 aromatic rings. The van der Waals surface area contributed by atoms with Gasteiger partial charge in [-0.3, -0.25) is 0 Å². The van der Waals surface area contributed by atoms with E-state index < -0.39 is 33.8 Å². The summed E-state index contributed by atoms with van der Waals surface area (Å²) in [6.07, 6.45) is 0. The van der Waals surface area contributed by atoms with Crippen LogP contribution in [0.4, 0.5) is 0 Å². The third-order valence-corrected chi connectivity index (χ3v) is 28.2. The Morgan fingerprint density at radius 1 is 0.385 bits per heavy atom. The van der Waals surface area contributed by atoms with Gasteiger partial charge < -0.3 is 12.3 Å². The van der Waals surface area contributed by atoms with Crippen molar-refractivity contribution in [3.05, 3.63) is 0 Å². The molecular weight excluding hydrogens is 389 g/mol. The van der Waals surface area contributed by atoms with E-state index in [-0.39, 0.29) is 0 Å². The standard InChI is InChI=1S/C19H48O3Si4/c1-11-24(12-2,13-3)20-23(10,21-25(14-4,15-5)16-6)22-26(17-7,18-8)19-9/h11-19H2,1-10H3. The third kappa shape index (κ3) is 6.67. The maximum absolute atomic E-state index is 7.10. The molecule has 7 heteroatoms. The molecule has 0 heterocycles. The molecule has 0 radical (unpaired) electrons. The van der Waals surface area contributed by atoms with Gasteiger partial charge >= 0.3 is 8.80 Å². The molecule has 0 spiro atoms. The minimum Gasteiger partial charge on any atom is -0.416 e. The summed E-state index contributed by atoms with van der Waals surface area (Å²) in [6, 6.07) is 10.4. The van der Waals surface area contributed by atoms with E-state index in [1.807, 2.05) is 0 Å². The zero-order valence-corrected chi connectivity index (χ0v) is 23.6. The van der Waals surface area contributed by atoms with Gasteiger partial charge in [0.05, 0.1) is 0 Å². The first-order valence-electron chi connectivity index (χ1n) is 11.3. The molecule has 158 valence electrons. The summed E-state index contributed by atoms with van der Waals surface area (Å²) in [7, 11) is -7.98. The first-order valence-corrected chi connectivity index (χ1v) is 21.1. The first kappa shape index (κ1) is 26.7. The maximum Gasteiger partial charge on any atom is 0.466 e. The second-order valence-electron chi connectivity index (χ2n) is 7.90. The van der Waals surface area contributed by atoms with Gasteiger partial charge in [-0.25, -0.2) is 0 Å². The van der Waals surface area contributed by atoms with Crippen LogP contribution in [0.25, 0.3) is 0 Å². The van der Waals surface area contributed by atoms with Crippen molar-refractivity contribution in [2.75, 3.05) is 0 Å². The minimum absolute atomic E-state index is 1.16. The van der Waals surface area contributed by atoms with Gasteiger partial charge in [-0.1, -0.05) is 62.3 Å². The van der Waals surface area contributed by atoms with Crippen LogP contribution in [-0.2, 0) is 12.3 Å². The summed E-state index contributed by atoms with van der Waals surface area (Å²) in [5.41, 5.74) is 0. The summed E-state index contributed by atoms with van der Waals surface area (Å²) in [5, 5.41) is 0. The molecule has 0 amide bonds. The average molecular weight is 437 g/mol. The monoisotopic (exact) mass is 436 g/mol. The Labute approximate surface area is 169 Å². The fourth-order valence-electron chi connectivity index (χ4n) is 4.14. The van der Waals surface area contributed by atoms with E-state index in [2.05, 4.69) is 68.9 Å². The smallest absolute Gasteiger partial charge is 0.416 e. The van der Waals surface area contributed by atoms with E-state index in [1.54, 1.807) is 0 Å². The summed E-state index contributed by atoms with van der Waals surface area (Å²) < 4.78 is 21.3. The molecule has 0 aliphatic carbocycles. The highest BCUT2D eigenvalue weighted by molar-refractivity contribution is 6.91. The van der Waals surface area contributed by atoms with Crippen molar-refractivity contribution in [3.63, 3.8) is 0 Å². The molecule has 0 aliphatic heterocycles. The normalized spacial score (nSPS) is 14.1. The quantitative estimate of drug-likeness (QED) is 0.247. The molecule has 0 unspecified atom stereocenters. The van der Waals surface area contributed by atoms with Crippen LogP contribution >= 0.6 is 0 Å². The lowest BCUT2D eigenvalue weighted by Gasteiger charge is -2.46.